The molecule has 202 valence electrons. The number of phenols is 1. The molecule has 2 heterocycles. The lowest BCUT2D eigenvalue weighted by molar-refractivity contribution is -0.140. The third kappa shape index (κ3) is 4.71. The summed E-state index contributed by atoms with van der Waals surface area (Å²) in [4.78, 5) is 30.4. The zero-order valence-electron chi connectivity index (χ0n) is 22.0. The van der Waals surface area contributed by atoms with Gasteiger partial charge in [0, 0.05) is 18.2 Å². The molecule has 0 radical (unpaired) electrons. The molecule has 1 unspecified atom stereocenters. The topological polar surface area (TPSA) is 109 Å². The quantitative estimate of drug-likeness (QED) is 0.265. The number of likely N-dealkylation sites (N-methyl/N-ethyl adjacent to an activating group) is 1. The molecule has 2 aliphatic heterocycles. The van der Waals surface area contributed by atoms with Crippen LogP contribution in [0, 0.1) is 0 Å². The van der Waals surface area contributed by atoms with Gasteiger partial charge in [-0.3, -0.25) is 9.59 Å². The third-order valence-corrected chi connectivity index (χ3v) is 7.00. The van der Waals surface area contributed by atoms with E-state index in [2.05, 4.69) is 0 Å². The molecule has 39 heavy (non-hydrogen) atoms. The zero-order chi connectivity index (χ0) is 27.7. The van der Waals surface area contributed by atoms with E-state index in [0.29, 0.717) is 47.9 Å². The van der Waals surface area contributed by atoms with Gasteiger partial charge in [0.05, 0.1) is 44.1 Å². The Hall–Kier alpha value is -4.66. The number of Topliss-reactive ketones (excluding diaryl/α,β-unsaturated/α-hetero) is 1. The second-order valence-corrected chi connectivity index (χ2v) is 9.35. The number of phenolic OH excluding ortho intramolecular Hbond substituents is 1. The number of likely N-dealkylation sites (tertiary alicyclic amines) is 1. The lowest BCUT2D eigenvalue weighted by Crippen LogP contribution is -2.29. The Balaban J connectivity index is 1.67. The van der Waals surface area contributed by atoms with Crippen LogP contribution in [-0.2, 0) is 16.1 Å². The lowest BCUT2D eigenvalue weighted by Gasteiger charge is -2.28. The van der Waals surface area contributed by atoms with Crippen molar-refractivity contribution in [3.05, 3.63) is 82.9 Å². The minimum absolute atomic E-state index is 0.0534. The van der Waals surface area contributed by atoms with Gasteiger partial charge in [-0.2, -0.15) is 0 Å². The normalized spacial score (nSPS) is 18.1. The van der Waals surface area contributed by atoms with Crippen LogP contribution in [0.5, 0.6) is 23.0 Å². The van der Waals surface area contributed by atoms with Crippen LogP contribution in [-0.4, -0.2) is 60.7 Å². The predicted molar refractivity (Wildman–Crippen MR) is 145 cm³/mol. The Morgan fingerprint density at radius 3 is 2.64 bits per heavy atom. The van der Waals surface area contributed by atoms with Crippen molar-refractivity contribution in [2.45, 2.75) is 19.5 Å². The van der Waals surface area contributed by atoms with Gasteiger partial charge in [-0.05, 0) is 48.9 Å². The zero-order valence-corrected chi connectivity index (χ0v) is 22.0. The fraction of sp³-hybridized carbons (Fsp3) is 0.267. The number of amides is 1. The van der Waals surface area contributed by atoms with Gasteiger partial charge in [0.25, 0.3) is 11.7 Å². The van der Waals surface area contributed by atoms with Crippen molar-refractivity contribution in [2.24, 2.45) is 0 Å². The second-order valence-electron chi connectivity index (χ2n) is 9.35. The molecular weight excluding hydrogens is 500 g/mol. The van der Waals surface area contributed by atoms with Crippen LogP contribution in [0.1, 0.15) is 29.7 Å². The van der Waals surface area contributed by atoms with Crippen molar-refractivity contribution in [1.82, 2.24) is 4.90 Å². The number of rotatable bonds is 7. The Kier molecular flexibility index (Phi) is 7.06. The standard InChI is InChI=1S/C30H30N2O7/c1-4-38-25-16-18(9-11-22(25)33)27-26(28(34)19-10-12-24-21(15-19)31(2)13-14-39-24)29(35)30(36)32(27)17-20-7-5-6-8-23(20)37-3/h5-12,15-16,27,33-34H,4,13-14,17H2,1-3H3/b28-26+. The molecule has 9 heteroatoms. The van der Waals surface area contributed by atoms with Crippen LogP contribution in [0.4, 0.5) is 5.69 Å². The summed E-state index contributed by atoms with van der Waals surface area (Å²) in [5, 5.41) is 21.9. The number of carbonyl (C=O) groups excluding carboxylic acids is 2. The Morgan fingerprint density at radius 1 is 1.08 bits per heavy atom. The monoisotopic (exact) mass is 530 g/mol. The number of aliphatic hydroxyl groups is 1. The highest BCUT2D eigenvalue weighted by Crippen LogP contribution is 2.44. The molecule has 0 aromatic heterocycles. The maximum absolute atomic E-state index is 13.5. The van der Waals surface area contributed by atoms with Crippen molar-refractivity contribution < 1.29 is 34.0 Å². The highest BCUT2D eigenvalue weighted by Gasteiger charge is 2.46. The molecule has 5 rings (SSSR count). The first-order valence-corrected chi connectivity index (χ1v) is 12.7. The average molecular weight is 531 g/mol. The van der Waals surface area contributed by atoms with Crippen molar-refractivity contribution in [2.75, 3.05) is 38.8 Å². The smallest absolute Gasteiger partial charge is 0.295 e. The summed E-state index contributed by atoms with van der Waals surface area (Å²) in [6.45, 7) is 3.38. The van der Waals surface area contributed by atoms with Gasteiger partial charge in [-0.15, -0.1) is 0 Å². The molecule has 0 saturated carbocycles. The van der Waals surface area contributed by atoms with Crippen LogP contribution in [0.2, 0.25) is 0 Å². The number of nitrogens with zero attached hydrogens (tertiary/aromatic N) is 2. The van der Waals surface area contributed by atoms with Crippen molar-refractivity contribution in [3.8, 4) is 23.0 Å². The summed E-state index contributed by atoms with van der Waals surface area (Å²) in [6.07, 6.45) is 0. The fourth-order valence-corrected chi connectivity index (χ4v) is 5.03. The minimum Gasteiger partial charge on any atom is -0.507 e. The molecule has 3 aromatic carbocycles. The Morgan fingerprint density at radius 2 is 1.87 bits per heavy atom. The van der Waals surface area contributed by atoms with Crippen LogP contribution in [0.15, 0.2) is 66.2 Å². The van der Waals surface area contributed by atoms with Crippen LogP contribution in [0.25, 0.3) is 5.76 Å². The molecule has 1 fully saturated rings. The van der Waals surface area contributed by atoms with E-state index in [1.807, 2.05) is 30.1 Å². The summed E-state index contributed by atoms with van der Waals surface area (Å²) in [5.41, 5.74) is 2.31. The van der Waals surface area contributed by atoms with Gasteiger partial charge >= 0.3 is 0 Å². The number of anilines is 1. The highest BCUT2D eigenvalue weighted by atomic mass is 16.5. The van der Waals surface area contributed by atoms with Crippen LogP contribution in [0.3, 0.4) is 0 Å². The number of hydrogen-bond acceptors (Lipinski definition) is 8. The fourth-order valence-electron chi connectivity index (χ4n) is 5.03. The van der Waals surface area contributed by atoms with Crippen molar-refractivity contribution in [3.63, 3.8) is 0 Å². The number of methoxy groups -OCH3 is 1. The number of aliphatic hydroxyl groups excluding tert-OH is 1. The van der Waals surface area contributed by atoms with E-state index in [1.165, 1.54) is 18.1 Å². The van der Waals surface area contributed by atoms with E-state index >= 15 is 0 Å². The Labute approximate surface area is 226 Å². The molecule has 1 amide bonds. The Bertz CT molecular complexity index is 1470. The number of ketones is 1. The van der Waals surface area contributed by atoms with E-state index < -0.39 is 17.7 Å². The molecule has 0 bridgehead atoms. The molecule has 0 aliphatic carbocycles. The number of carbonyl (C=O) groups is 2. The maximum atomic E-state index is 13.5. The van der Waals surface area contributed by atoms with Gasteiger partial charge in [-0.25, -0.2) is 0 Å². The average Bonchev–Trinajstić information content (AvgIpc) is 3.19. The summed E-state index contributed by atoms with van der Waals surface area (Å²) in [6, 6.07) is 16.1. The molecule has 2 aliphatic rings. The number of hydrogen-bond donors (Lipinski definition) is 2. The van der Waals surface area contributed by atoms with Gasteiger partial charge in [-0.1, -0.05) is 24.3 Å². The first kappa shape index (κ1) is 26.0. The molecule has 3 aromatic rings. The van der Waals surface area contributed by atoms with Crippen LogP contribution < -0.4 is 19.1 Å². The largest absolute Gasteiger partial charge is 0.507 e. The van der Waals surface area contributed by atoms with Crippen molar-refractivity contribution in [1.29, 1.82) is 0 Å². The number of ether oxygens (including phenoxy) is 3. The SMILES string of the molecule is CCOc1cc(C2/C(=C(\O)c3ccc4c(c3)N(C)CCO4)C(=O)C(=O)N2Cc2ccccc2OC)ccc1O. The first-order valence-electron chi connectivity index (χ1n) is 12.7. The summed E-state index contributed by atoms with van der Waals surface area (Å²) in [5.74, 6) is -0.471. The maximum Gasteiger partial charge on any atom is 0.295 e. The lowest BCUT2D eigenvalue weighted by atomic mass is 9.94. The van der Waals surface area contributed by atoms with E-state index in [0.717, 1.165) is 5.69 Å². The van der Waals surface area contributed by atoms with Gasteiger partial charge in [0.15, 0.2) is 11.5 Å². The van der Waals surface area contributed by atoms with E-state index in [1.54, 1.807) is 43.3 Å². The number of para-hydroxylation sites is 1. The van der Waals surface area contributed by atoms with E-state index in [9.17, 15) is 19.8 Å². The molecule has 0 spiro atoms. The number of fused-ring (bicyclic) bond motifs is 1. The molecule has 1 atom stereocenters. The molecule has 9 nitrogen and oxygen atoms in total. The molecular formula is C30H30N2O7. The van der Waals surface area contributed by atoms with Gasteiger partial charge in [0.1, 0.15) is 23.9 Å². The highest BCUT2D eigenvalue weighted by molar-refractivity contribution is 6.46. The number of benzene rings is 3. The van der Waals surface area contributed by atoms with Crippen molar-refractivity contribution >= 4 is 23.1 Å². The summed E-state index contributed by atoms with van der Waals surface area (Å²) in [7, 11) is 3.46. The predicted octanol–water partition coefficient (Wildman–Crippen LogP) is 4.25. The molecule has 1 saturated heterocycles. The van der Waals surface area contributed by atoms with E-state index in [4.69, 9.17) is 14.2 Å². The first-order chi connectivity index (χ1) is 18.8. The third-order valence-electron chi connectivity index (χ3n) is 7.00. The van der Waals surface area contributed by atoms with Gasteiger partial charge in [0.2, 0.25) is 0 Å². The minimum atomic E-state index is -0.945. The molecule has 2 N–H and O–H groups in total. The van der Waals surface area contributed by atoms with Gasteiger partial charge < -0.3 is 34.2 Å². The summed E-state index contributed by atoms with van der Waals surface area (Å²) < 4.78 is 16.8. The number of aromatic hydroxyl groups is 1. The van der Waals surface area contributed by atoms with Crippen LogP contribution >= 0.6 is 0 Å². The second kappa shape index (κ2) is 10.6. The summed E-state index contributed by atoms with van der Waals surface area (Å²) >= 11 is 0. The van der Waals surface area contributed by atoms with E-state index in [-0.39, 0.29) is 29.4 Å².